The van der Waals surface area contributed by atoms with Crippen molar-refractivity contribution in [1.29, 1.82) is 0 Å². The van der Waals surface area contributed by atoms with Gasteiger partial charge in [0.25, 0.3) is 0 Å². The summed E-state index contributed by atoms with van der Waals surface area (Å²) in [6.07, 6.45) is 0. The Morgan fingerprint density at radius 1 is 0.556 bits per heavy atom. The van der Waals surface area contributed by atoms with E-state index in [4.69, 9.17) is 0 Å². The summed E-state index contributed by atoms with van der Waals surface area (Å²) in [6, 6.07) is 8.58. The van der Waals surface area contributed by atoms with Gasteiger partial charge in [0.05, 0.1) is 0 Å². The van der Waals surface area contributed by atoms with Crippen LogP contribution in [-0.2, 0) is 0 Å². The van der Waals surface area contributed by atoms with Crippen LogP contribution in [0.4, 0.5) is 0 Å². The van der Waals surface area contributed by atoms with Crippen molar-refractivity contribution in [3.63, 3.8) is 0 Å². The summed E-state index contributed by atoms with van der Waals surface area (Å²) in [5.74, 6) is 0. The van der Waals surface area contributed by atoms with Gasteiger partial charge in [0.1, 0.15) is 0 Å². The van der Waals surface area contributed by atoms with E-state index in [2.05, 4.69) is 160 Å². The first-order chi connectivity index (χ1) is 8.45. The van der Waals surface area contributed by atoms with E-state index in [-0.39, 0.29) is 0 Å². The van der Waals surface area contributed by atoms with Crippen LogP contribution in [0.15, 0.2) is 24.3 Å². The second-order valence-corrected chi connectivity index (χ2v) is 9.98. The molecule has 0 aliphatic heterocycles. The predicted molar refractivity (Wildman–Crippen MR) is 128 cm³/mol. The van der Waals surface area contributed by atoms with Crippen LogP contribution >= 0.6 is 136 Å². The molecular weight excluding hydrogens is 906 g/mol. The zero-order valence-corrected chi connectivity index (χ0v) is 21.5. The molecule has 0 saturated carbocycles. The molecule has 0 saturated heterocycles. The molecule has 0 spiro atoms. The summed E-state index contributed by atoms with van der Waals surface area (Å²) in [7, 11) is 0. The lowest BCUT2D eigenvalue weighted by atomic mass is 10.1. The van der Waals surface area contributed by atoms with Gasteiger partial charge in [0, 0.05) is 27.0 Å². The van der Waals surface area contributed by atoms with Gasteiger partial charge < -0.3 is 0 Å². The van der Waals surface area contributed by atoms with Crippen molar-refractivity contribution >= 4 is 136 Å². The Labute approximate surface area is 188 Å². The molecule has 0 amide bonds. The van der Waals surface area contributed by atoms with Gasteiger partial charge in [0.15, 0.2) is 0 Å². The van der Waals surface area contributed by atoms with Crippen LogP contribution in [0.5, 0.6) is 0 Å². The summed E-state index contributed by atoms with van der Waals surface area (Å²) >= 11 is 14.7. The van der Waals surface area contributed by atoms with E-state index in [1.807, 2.05) is 0 Å². The fourth-order valence-corrected chi connectivity index (χ4v) is 7.50. The van der Waals surface area contributed by atoms with Gasteiger partial charge in [0.2, 0.25) is 0 Å². The van der Waals surface area contributed by atoms with Crippen molar-refractivity contribution < 1.29 is 0 Å². The Kier molecular flexibility index (Phi) is 7.05. The summed E-state index contributed by atoms with van der Waals surface area (Å²) in [6.45, 7) is 0. The van der Waals surface area contributed by atoms with Crippen LogP contribution in [0.25, 0.3) is 11.1 Å². The second-order valence-electron chi connectivity index (χ2n) is 3.42. The van der Waals surface area contributed by atoms with Gasteiger partial charge in [-0.05, 0) is 147 Å². The van der Waals surface area contributed by atoms with Crippen LogP contribution in [0, 0.1) is 21.4 Å². The van der Waals surface area contributed by atoms with Crippen LogP contribution in [0.1, 0.15) is 0 Å². The zero-order chi connectivity index (χ0) is 13.4. The standard InChI is InChI=1S/C12H4I6/c13-6-4-2-1-3-5(6)7-8(14)10(16)12(18)11(17)9(7)15/h1-4H. The lowest BCUT2D eigenvalue weighted by molar-refractivity contribution is 1.42. The summed E-state index contributed by atoms with van der Waals surface area (Å²) in [5, 5.41) is 0. The van der Waals surface area contributed by atoms with Gasteiger partial charge in [-0.1, -0.05) is 18.2 Å². The molecule has 2 aromatic rings. The molecule has 0 N–H and O–H groups in total. The van der Waals surface area contributed by atoms with Crippen LogP contribution in [0.3, 0.4) is 0 Å². The van der Waals surface area contributed by atoms with E-state index < -0.39 is 0 Å². The Morgan fingerprint density at radius 2 is 1.00 bits per heavy atom. The third-order valence-electron chi connectivity index (χ3n) is 2.35. The Balaban J connectivity index is 2.85. The van der Waals surface area contributed by atoms with Gasteiger partial charge >= 0.3 is 0 Å². The smallest absolute Gasteiger partial charge is 0.0419 e. The minimum atomic E-state index is 1.30. The average Bonchev–Trinajstić information content (AvgIpc) is 2.36. The van der Waals surface area contributed by atoms with Crippen molar-refractivity contribution in [2.45, 2.75) is 0 Å². The second kappa shape index (κ2) is 7.39. The quantitative estimate of drug-likeness (QED) is 0.165. The molecule has 2 aromatic carbocycles. The molecule has 0 bridgehead atoms. The molecule has 18 heavy (non-hydrogen) atoms. The first kappa shape index (κ1) is 17.2. The van der Waals surface area contributed by atoms with Crippen LogP contribution < -0.4 is 0 Å². The van der Waals surface area contributed by atoms with Gasteiger partial charge in [-0.3, -0.25) is 0 Å². The molecule has 0 heterocycles. The molecule has 0 aromatic heterocycles. The Bertz CT molecular complexity index is 591. The number of hydrogen-bond donors (Lipinski definition) is 0. The Hall–Kier alpha value is 2.82. The monoisotopic (exact) mass is 909 g/mol. The molecule has 2 rings (SSSR count). The highest BCUT2D eigenvalue weighted by Gasteiger charge is 2.19. The molecule has 0 radical (unpaired) electrons. The van der Waals surface area contributed by atoms with E-state index in [0.717, 1.165) is 0 Å². The maximum absolute atomic E-state index is 2.47. The minimum Gasteiger partial charge on any atom is -0.0616 e. The molecule has 0 aliphatic carbocycles. The van der Waals surface area contributed by atoms with Crippen molar-refractivity contribution in [3.05, 3.63) is 45.7 Å². The maximum atomic E-state index is 2.47. The lowest BCUT2D eigenvalue weighted by Crippen LogP contribution is -2.00. The van der Waals surface area contributed by atoms with Crippen molar-refractivity contribution in [1.82, 2.24) is 0 Å². The normalized spacial score (nSPS) is 10.8. The van der Waals surface area contributed by atoms with Crippen molar-refractivity contribution in [3.8, 4) is 11.1 Å². The first-order valence-corrected chi connectivity index (χ1v) is 11.2. The molecule has 0 atom stereocenters. The number of hydrogen-bond acceptors (Lipinski definition) is 0. The first-order valence-electron chi connectivity index (χ1n) is 4.71. The number of benzene rings is 2. The molecule has 0 aliphatic rings. The molecular formula is C12H4I6. The van der Waals surface area contributed by atoms with E-state index in [0.29, 0.717) is 0 Å². The molecule has 6 heteroatoms. The highest BCUT2D eigenvalue weighted by atomic mass is 127. The Morgan fingerprint density at radius 3 is 1.50 bits per heavy atom. The fourth-order valence-electron chi connectivity index (χ4n) is 1.51. The largest absolute Gasteiger partial charge is 0.0616 e. The van der Waals surface area contributed by atoms with Crippen molar-refractivity contribution in [2.24, 2.45) is 0 Å². The molecule has 0 unspecified atom stereocenters. The van der Waals surface area contributed by atoms with E-state index in [1.165, 1.54) is 32.5 Å². The molecule has 94 valence electrons. The average molecular weight is 910 g/mol. The molecule has 0 fully saturated rings. The number of halogens is 6. The van der Waals surface area contributed by atoms with Crippen LogP contribution in [0.2, 0.25) is 0 Å². The summed E-state index contributed by atoms with van der Waals surface area (Å²) < 4.78 is 8.08. The summed E-state index contributed by atoms with van der Waals surface area (Å²) in [4.78, 5) is 0. The SMILES string of the molecule is Ic1ccccc1-c1c(I)c(I)c(I)c(I)c1I. The highest BCUT2D eigenvalue weighted by Crippen LogP contribution is 2.40. The van der Waals surface area contributed by atoms with E-state index in [1.54, 1.807) is 0 Å². The minimum absolute atomic E-state index is 1.30. The van der Waals surface area contributed by atoms with E-state index in [9.17, 15) is 0 Å². The van der Waals surface area contributed by atoms with E-state index >= 15 is 0 Å². The van der Waals surface area contributed by atoms with Crippen LogP contribution in [-0.4, -0.2) is 0 Å². The predicted octanol–water partition coefficient (Wildman–Crippen LogP) is 6.98. The van der Waals surface area contributed by atoms with Gasteiger partial charge in [-0.25, -0.2) is 0 Å². The summed E-state index contributed by atoms with van der Waals surface area (Å²) in [5.41, 5.74) is 2.70. The highest BCUT2D eigenvalue weighted by molar-refractivity contribution is 14.1. The topological polar surface area (TPSA) is 0 Å². The third kappa shape index (κ3) is 3.42. The van der Waals surface area contributed by atoms with Gasteiger partial charge in [-0.15, -0.1) is 0 Å². The molecule has 0 nitrogen and oxygen atoms in total. The van der Waals surface area contributed by atoms with Crippen molar-refractivity contribution in [2.75, 3.05) is 0 Å². The maximum Gasteiger partial charge on any atom is 0.0419 e. The zero-order valence-electron chi connectivity index (χ0n) is 8.58. The fraction of sp³-hybridized carbons (Fsp3) is 0. The third-order valence-corrected chi connectivity index (χ3v) is 12.8. The lowest BCUT2D eigenvalue weighted by Gasteiger charge is -2.15. The van der Waals surface area contributed by atoms with Gasteiger partial charge in [-0.2, -0.15) is 0 Å². The number of rotatable bonds is 1.